The van der Waals surface area contributed by atoms with Crippen LogP contribution in [0, 0.1) is 0 Å². The molecule has 126 valence electrons. The van der Waals surface area contributed by atoms with E-state index in [2.05, 4.69) is 29.7 Å². The summed E-state index contributed by atoms with van der Waals surface area (Å²) < 4.78 is 10.7. The van der Waals surface area contributed by atoms with Gasteiger partial charge in [-0.3, -0.25) is 0 Å². The highest BCUT2D eigenvalue weighted by atomic mass is 16.5. The van der Waals surface area contributed by atoms with Crippen molar-refractivity contribution in [1.29, 1.82) is 0 Å². The molecule has 4 heterocycles. The van der Waals surface area contributed by atoms with Gasteiger partial charge < -0.3 is 19.3 Å². The van der Waals surface area contributed by atoms with Gasteiger partial charge in [-0.1, -0.05) is 0 Å². The second kappa shape index (κ2) is 6.56. The van der Waals surface area contributed by atoms with Crippen LogP contribution in [0.25, 0.3) is 0 Å². The number of methoxy groups -OCH3 is 1. The topological polar surface area (TPSA) is 76.5 Å². The maximum absolute atomic E-state index is 5.45. The molecule has 0 atom stereocenters. The number of ether oxygens (including phenoxy) is 2. The third-order valence-corrected chi connectivity index (χ3v) is 4.40. The molecule has 0 bridgehead atoms. The largest absolute Gasteiger partial charge is 0.481 e. The van der Waals surface area contributed by atoms with E-state index >= 15 is 0 Å². The average Bonchev–Trinajstić information content (AvgIpc) is 2.68. The standard InChI is InChI=1S/C16H20N6O2/c1-23-14-2-4-17-16(20-14)22-5-3-13-12(10-22)15(19-11-18-13)21-6-8-24-9-7-21/h2,4,11H,3,5-10H2,1H3. The normalized spacial score (nSPS) is 17.5. The Morgan fingerprint density at radius 3 is 2.79 bits per heavy atom. The molecule has 8 nitrogen and oxygen atoms in total. The summed E-state index contributed by atoms with van der Waals surface area (Å²) in [6, 6.07) is 1.75. The van der Waals surface area contributed by atoms with Crippen molar-refractivity contribution < 1.29 is 9.47 Å². The fourth-order valence-corrected chi connectivity index (χ4v) is 3.14. The lowest BCUT2D eigenvalue weighted by molar-refractivity contribution is 0.122. The number of rotatable bonds is 3. The zero-order valence-corrected chi connectivity index (χ0v) is 13.7. The van der Waals surface area contributed by atoms with Crippen molar-refractivity contribution in [3.8, 4) is 5.88 Å². The molecule has 0 N–H and O–H groups in total. The van der Waals surface area contributed by atoms with E-state index in [-0.39, 0.29) is 0 Å². The molecule has 2 aromatic rings. The molecule has 4 rings (SSSR count). The summed E-state index contributed by atoms with van der Waals surface area (Å²) in [6.45, 7) is 4.73. The maximum atomic E-state index is 5.45. The smallest absolute Gasteiger partial charge is 0.228 e. The summed E-state index contributed by atoms with van der Waals surface area (Å²) in [5.74, 6) is 2.26. The Hall–Kier alpha value is -2.48. The molecule has 24 heavy (non-hydrogen) atoms. The second-order valence-electron chi connectivity index (χ2n) is 5.79. The van der Waals surface area contributed by atoms with Crippen molar-refractivity contribution in [1.82, 2.24) is 19.9 Å². The van der Waals surface area contributed by atoms with Crippen LogP contribution in [0.1, 0.15) is 11.3 Å². The summed E-state index contributed by atoms with van der Waals surface area (Å²) in [6.07, 6.45) is 4.25. The molecule has 0 aromatic carbocycles. The van der Waals surface area contributed by atoms with Crippen LogP contribution in [0.4, 0.5) is 11.8 Å². The minimum Gasteiger partial charge on any atom is -0.481 e. The van der Waals surface area contributed by atoms with E-state index in [0.29, 0.717) is 18.4 Å². The Morgan fingerprint density at radius 1 is 1.08 bits per heavy atom. The highest BCUT2D eigenvalue weighted by Crippen LogP contribution is 2.28. The van der Waals surface area contributed by atoms with Crippen LogP contribution in [0.3, 0.4) is 0 Å². The van der Waals surface area contributed by atoms with Crippen molar-refractivity contribution in [3.63, 3.8) is 0 Å². The highest BCUT2D eigenvalue weighted by Gasteiger charge is 2.26. The lowest BCUT2D eigenvalue weighted by atomic mass is 10.1. The highest BCUT2D eigenvalue weighted by molar-refractivity contribution is 5.53. The van der Waals surface area contributed by atoms with Gasteiger partial charge in [0.15, 0.2) is 0 Å². The monoisotopic (exact) mass is 328 g/mol. The first-order valence-electron chi connectivity index (χ1n) is 8.12. The van der Waals surface area contributed by atoms with Crippen LogP contribution in [0.5, 0.6) is 5.88 Å². The first-order chi connectivity index (χ1) is 11.8. The Labute approximate surface area is 140 Å². The molecule has 0 aliphatic carbocycles. The molecule has 0 spiro atoms. The summed E-state index contributed by atoms with van der Waals surface area (Å²) in [7, 11) is 1.61. The molecule has 2 aliphatic rings. The van der Waals surface area contributed by atoms with Crippen molar-refractivity contribution >= 4 is 11.8 Å². The van der Waals surface area contributed by atoms with Crippen LogP contribution in [-0.2, 0) is 17.7 Å². The van der Waals surface area contributed by atoms with Crippen LogP contribution in [-0.4, -0.2) is 59.9 Å². The van der Waals surface area contributed by atoms with Crippen LogP contribution < -0.4 is 14.5 Å². The van der Waals surface area contributed by atoms with E-state index < -0.39 is 0 Å². The zero-order valence-electron chi connectivity index (χ0n) is 13.7. The Balaban J connectivity index is 1.63. The van der Waals surface area contributed by atoms with E-state index in [1.54, 1.807) is 25.7 Å². The fraction of sp³-hybridized carbons (Fsp3) is 0.500. The maximum Gasteiger partial charge on any atom is 0.228 e. The van der Waals surface area contributed by atoms with Gasteiger partial charge in [0.25, 0.3) is 0 Å². The molecule has 0 radical (unpaired) electrons. The number of fused-ring (bicyclic) bond motifs is 1. The van der Waals surface area contributed by atoms with Gasteiger partial charge in [0.05, 0.1) is 32.6 Å². The Bertz CT molecular complexity index is 719. The lowest BCUT2D eigenvalue weighted by Crippen LogP contribution is -2.40. The molecule has 2 aromatic heterocycles. The first kappa shape index (κ1) is 15.1. The predicted octanol–water partition coefficient (Wildman–Crippen LogP) is 0.674. The van der Waals surface area contributed by atoms with Gasteiger partial charge in [0.1, 0.15) is 12.1 Å². The van der Waals surface area contributed by atoms with E-state index in [1.165, 1.54) is 0 Å². The number of nitrogens with zero attached hydrogens (tertiary/aromatic N) is 6. The van der Waals surface area contributed by atoms with E-state index in [0.717, 1.165) is 56.3 Å². The minimum absolute atomic E-state index is 0.573. The molecule has 1 saturated heterocycles. The van der Waals surface area contributed by atoms with Gasteiger partial charge in [-0.05, 0) is 0 Å². The summed E-state index contributed by atoms with van der Waals surface area (Å²) in [5.41, 5.74) is 2.28. The van der Waals surface area contributed by atoms with Gasteiger partial charge in [0.2, 0.25) is 11.8 Å². The Morgan fingerprint density at radius 2 is 1.96 bits per heavy atom. The van der Waals surface area contributed by atoms with Gasteiger partial charge >= 0.3 is 0 Å². The van der Waals surface area contributed by atoms with Gasteiger partial charge in [-0.25, -0.2) is 15.0 Å². The summed E-state index contributed by atoms with van der Waals surface area (Å²) >= 11 is 0. The number of hydrogen-bond donors (Lipinski definition) is 0. The van der Waals surface area contributed by atoms with Crippen LogP contribution >= 0.6 is 0 Å². The van der Waals surface area contributed by atoms with Crippen molar-refractivity contribution in [2.24, 2.45) is 0 Å². The fourth-order valence-electron chi connectivity index (χ4n) is 3.14. The summed E-state index contributed by atoms with van der Waals surface area (Å²) in [5, 5.41) is 0. The molecule has 0 amide bonds. The van der Waals surface area contributed by atoms with E-state index in [9.17, 15) is 0 Å². The molecule has 8 heteroatoms. The average molecular weight is 328 g/mol. The number of aromatic nitrogens is 4. The molecular formula is C16H20N6O2. The quantitative estimate of drug-likeness (QED) is 0.814. The molecular weight excluding hydrogens is 308 g/mol. The van der Waals surface area contributed by atoms with E-state index in [4.69, 9.17) is 9.47 Å². The summed E-state index contributed by atoms with van der Waals surface area (Å²) in [4.78, 5) is 22.3. The second-order valence-corrected chi connectivity index (χ2v) is 5.79. The SMILES string of the molecule is COc1ccnc(N2CCc3ncnc(N4CCOCC4)c3C2)n1. The Kier molecular flexibility index (Phi) is 4.12. The number of anilines is 2. The zero-order chi connectivity index (χ0) is 16.4. The third kappa shape index (κ3) is 2.84. The number of hydrogen-bond acceptors (Lipinski definition) is 8. The molecule has 1 fully saturated rings. The van der Waals surface area contributed by atoms with Gasteiger partial charge in [-0.15, -0.1) is 0 Å². The molecule has 2 aliphatic heterocycles. The number of morpholine rings is 1. The van der Waals surface area contributed by atoms with Gasteiger partial charge in [-0.2, -0.15) is 4.98 Å². The third-order valence-electron chi connectivity index (χ3n) is 4.40. The lowest BCUT2D eigenvalue weighted by Gasteiger charge is -2.34. The predicted molar refractivity (Wildman–Crippen MR) is 88.4 cm³/mol. The molecule has 0 saturated carbocycles. The van der Waals surface area contributed by atoms with Crippen LogP contribution in [0.2, 0.25) is 0 Å². The molecule has 0 unspecified atom stereocenters. The van der Waals surface area contributed by atoms with Crippen LogP contribution in [0.15, 0.2) is 18.6 Å². The first-order valence-corrected chi connectivity index (χ1v) is 8.12. The van der Waals surface area contributed by atoms with Crippen molar-refractivity contribution in [3.05, 3.63) is 29.8 Å². The van der Waals surface area contributed by atoms with E-state index in [1.807, 2.05) is 0 Å². The minimum atomic E-state index is 0.573. The van der Waals surface area contributed by atoms with Gasteiger partial charge in [0, 0.05) is 43.9 Å². The van der Waals surface area contributed by atoms with Crippen molar-refractivity contribution in [2.75, 3.05) is 49.8 Å². The van der Waals surface area contributed by atoms with Crippen molar-refractivity contribution in [2.45, 2.75) is 13.0 Å².